The molecule has 0 aliphatic carbocycles. The molecule has 0 radical (unpaired) electrons. The van der Waals surface area contributed by atoms with Crippen LogP contribution in [0.4, 0.5) is 5.82 Å². The van der Waals surface area contributed by atoms with Crippen LogP contribution in [0, 0.1) is 5.92 Å². The monoisotopic (exact) mass is 362 g/mol. The number of carbonyl (C=O) groups is 2. The van der Waals surface area contributed by atoms with Gasteiger partial charge in [-0.05, 0) is 15.9 Å². The van der Waals surface area contributed by atoms with Crippen LogP contribution in [0.2, 0.25) is 0 Å². The van der Waals surface area contributed by atoms with Crippen LogP contribution in [-0.4, -0.2) is 33.6 Å². The summed E-state index contributed by atoms with van der Waals surface area (Å²) < 4.78 is 4.79. The summed E-state index contributed by atoms with van der Waals surface area (Å²) >= 11 is 0. The van der Waals surface area contributed by atoms with Gasteiger partial charge in [0.25, 0.3) is 0 Å². The van der Waals surface area contributed by atoms with Crippen molar-refractivity contribution in [3.05, 3.63) is 66.2 Å². The second-order valence-corrected chi connectivity index (χ2v) is 6.48. The number of nitrogens with zero attached hydrogens (tertiary/aromatic N) is 3. The van der Waals surface area contributed by atoms with Gasteiger partial charge in [-0.3, -0.25) is 9.59 Å². The van der Waals surface area contributed by atoms with Gasteiger partial charge in [0, 0.05) is 25.1 Å². The third-order valence-electron chi connectivity index (χ3n) is 4.58. The molecule has 0 spiro atoms. The fraction of sp³-hybridized carbons (Fsp3) is 0.200. The highest BCUT2D eigenvalue weighted by Gasteiger charge is 2.35. The molecule has 1 aliphatic heterocycles. The van der Waals surface area contributed by atoms with Crippen LogP contribution in [0.3, 0.4) is 0 Å². The van der Waals surface area contributed by atoms with E-state index in [0.29, 0.717) is 18.8 Å². The molecule has 1 atom stereocenters. The highest BCUT2D eigenvalue weighted by atomic mass is 16.6. The lowest BCUT2D eigenvalue weighted by molar-refractivity contribution is -0.128. The molecule has 4 rings (SSSR count). The number of anilines is 1. The molecule has 1 saturated heterocycles. The lowest BCUT2D eigenvalue weighted by atomic mass is 10.1. The van der Waals surface area contributed by atoms with E-state index in [0.717, 1.165) is 11.1 Å². The van der Waals surface area contributed by atoms with Crippen molar-refractivity contribution in [1.29, 1.82) is 0 Å². The zero-order valence-corrected chi connectivity index (χ0v) is 14.5. The average Bonchev–Trinajstić information content (AvgIpc) is 3.30. The lowest BCUT2D eigenvalue weighted by Crippen LogP contribution is -2.28. The molecule has 27 heavy (non-hydrogen) atoms. The van der Waals surface area contributed by atoms with Crippen molar-refractivity contribution in [2.75, 3.05) is 11.9 Å². The van der Waals surface area contributed by atoms with E-state index >= 15 is 0 Å². The van der Waals surface area contributed by atoms with Gasteiger partial charge in [-0.2, -0.15) is 0 Å². The maximum atomic E-state index is 12.6. The van der Waals surface area contributed by atoms with Gasteiger partial charge in [0.2, 0.25) is 17.6 Å². The number of nitrogens with one attached hydrogen (secondary N) is 1. The van der Waals surface area contributed by atoms with Crippen molar-refractivity contribution in [1.82, 2.24) is 15.2 Å². The number of hydrogen-bond donors (Lipinski definition) is 1. The van der Waals surface area contributed by atoms with Gasteiger partial charge in [-0.15, -0.1) is 0 Å². The SMILES string of the molecule is O=C(Nc1nonc1-c1ccccc1)[C@@H]1CC(=O)N(Cc2ccccc2)C1. The second-order valence-electron chi connectivity index (χ2n) is 6.48. The molecular formula is C20H18N4O3. The average molecular weight is 362 g/mol. The zero-order chi connectivity index (χ0) is 18.6. The summed E-state index contributed by atoms with van der Waals surface area (Å²) in [6.45, 7) is 0.885. The maximum Gasteiger partial charge on any atom is 0.231 e. The molecule has 1 aromatic heterocycles. The van der Waals surface area contributed by atoms with Crippen molar-refractivity contribution < 1.29 is 14.2 Å². The van der Waals surface area contributed by atoms with Crippen molar-refractivity contribution in [2.24, 2.45) is 5.92 Å². The van der Waals surface area contributed by atoms with Gasteiger partial charge < -0.3 is 10.2 Å². The molecule has 2 heterocycles. The van der Waals surface area contributed by atoms with Gasteiger partial charge in [0.1, 0.15) is 0 Å². The minimum Gasteiger partial charge on any atom is -0.338 e. The van der Waals surface area contributed by atoms with E-state index in [4.69, 9.17) is 4.63 Å². The Labute approximate surface area is 155 Å². The van der Waals surface area contributed by atoms with E-state index in [9.17, 15) is 9.59 Å². The van der Waals surface area contributed by atoms with Gasteiger partial charge in [-0.1, -0.05) is 60.7 Å². The molecule has 3 aromatic rings. The summed E-state index contributed by atoms with van der Waals surface area (Å²) in [6, 6.07) is 19.1. The van der Waals surface area contributed by atoms with E-state index in [2.05, 4.69) is 15.6 Å². The Kier molecular flexibility index (Phi) is 4.65. The van der Waals surface area contributed by atoms with Gasteiger partial charge in [0.05, 0.1) is 5.92 Å². The number of rotatable bonds is 5. The summed E-state index contributed by atoms with van der Waals surface area (Å²) in [5, 5.41) is 10.4. The first-order valence-corrected chi connectivity index (χ1v) is 8.71. The second kappa shape index (κ2) is 7.41. The van der Waals surface area contributed by atoms with Crippen molar-refractivity contribution >= 4 is 17.6 Å². The molecule has 1 fully saturated rings. The van der Waals surface area contributed by atoms with Crippen molar-refractivity contribution in [2.45, 2.75) is 13.0 Å². The normalized spacial score (nSPS) is 16.5. The predicted molar refractivity (Wildman–Crippen MR) is 98.3 cm³/mol. The number of hydrogen-bond acceptors (Lipinski definition) is 5. The number of aromatic nitrogens is 2. The van der Waals surface area contributed by atoms with Crippen LogP contribution in [0.5, 0.6) is 0 Å². The summed E-state index contributed by atoms with van der Waals surface area (Å²) in [6.07, 6.45) is 0.185. The van der Waals surface area contributed by atoms with Crippen LogP contribution in [-0.2, 0) is 16.1 Å². The molecule has 2 aromatic carbocycles. The van der Waals surface area contributed by atoms with Crippen LogP contribution in [0.1, 0.15) is 12.0 Å². The van der Waals surface area contributed by atoms with Gasteiger partial charge in [-0.25, -0.2) is 4.63 Å². The molecule has 1 aliphatic rings. The maximum absolute atomic E-state index is 12.6. The van der Waals surface area contributed by atoms with Gasteiger partial charge in [0.15, 0.2) is 5.69 Å². The van der Waals surface area contributed by atoms with E-state index < -0.39 is 5.92 Å². The molecule has 2 amide bonds. The highest BCUT2D eigenvalue weighted by Crippen LogP contribution is 2.26. The number of amides is 2. The summed E-state index contributed by atoms with van der Waals surface area (Å²) in [4.78, 5) is 26.6. The molecule has 0 bridgehead atoms. The zero-order valence-electron chi connectivity index (χ0n) is 14.5. The first-order valence-electron chi connectivity index (χ1n) is 8.71. The Morgan fingerprint density at radius 1 is 1.07 bits per heavy atom. The molecule has 7 heteroatoms. The summed E-state index contributed by atoms with van der Waals surface area (Å²) in [5.74, 6) is -0.450. The Hall–Kier alpha value is -3.48. The molecule has 7 nitrogen and oxygen atoms in total. The molecule has 1 N–H and O–H groups in total. The minimum atomic E-state index is -0.429. The first-order chi connectivity index (χ1) is 13.2. The first kappa shape index (κ1) is 17.0. The summed E-state index contributed by atoms with van der Waals surface area (Å²) in [7, 11) is 0. The fourth-order valence-electron chi connectivity index (χ4n) is 3.18. The quantitative estimate of drug-likeness (QED) is 0.754. The molecular weight excluding hydrogens is 344 g/mol. The van der Waals surface area contributed by atoms with Crippen LogP contribution < -0.4 is 5.32 Å². The smallest absolute Gasteiger partial charge is 0.231 e. The van der Waals surface area contributed by atoms with Crippen LogP contribution in [0.15, 0.2) is 65.3 Å². The number of likely N-dealkylation sites (tertiary alicyclic amines) is 1. The largest absolute Gasteiger partial charge is 0.338 e. The molecule has 0 unspecified atom stereocenters. The Balaban J connectivity index is 1.43. The van der Waals surface area contributed by atoms with Crippen molar-refractivity contribution in [3.8, 4) is 11.3 Å². The van der Waals surface area contributed by atoms with Crippen LogP contribution >= 0.6 is 0 Å². The van der Waals surface area contributed by atoms with E-state index in [1.807, 2.05) is 60.7 Å². The third kappa shape index (κ3) is 3.72. The van der Waals surface area contributed by atoms with Gasteiger partial charge >= 0.3 is 0 Å². The topological polar surface area (TPSA) is 88.3 Å². The predicted octanol–water partition coefficient (Wildman–Crippen LogP) is 2.72. The fourth-order valence-corrected chi connectivity index (χ4v) is 3.18. The highest BCUT2D eigenvalue weighted by molar-refractivity contribution is 5.98. The van der Waals surface area contributed by atoms with E-state index in [1.165, 1.54) is 0 Å². The standard InChI is InChI=1S/C20H18N4O3/c25-17-11-16(13-24(17)12-14-7-3-1-4-8-14)20(26)21-19-18(22-27-23-19)15-9-5-2-6-10-15/h1-10,16H,11-13H2,(H,21,23,26)/t16-/m1/s1. The minimum absolute atomic E-state index is 0.0273. The molecule has 0 saturated carbocycles. The van der Waals surface area contributed by atoms with Crippen molar-refractivity contribution in [3.63, 3.8) is 0 Å². The Bertz CT molecular complexity index is 940. The number of benzene rings is 2. The number of carbonyl (C=O) groups excluding carboxylic acids is 2. The van der Waals surface area contributed by atoms with E-state index in [-0.39, 0.29) is 24.1 Å². The Morgan fingerprint density at radius 3 is 2.52 bits per heavy atom. The Morgan fingerprint density at radius 2 is 1.78 bits per heavy atom. The van der Waals surface area contributed by atoms with Crippen LogP contribution in [0.25, 0.3) is 11.3 Å². The van der Waals surface area contributed by atoms with E-state index in [1.54, 1.807) is 4.90 Å². The third-order valence-corrected chi connectivity index (χ3v) is 4.58. The lowest BCUT2D eigenvalue weighted by Gasteiger charge is -2.16. The molecule has 136 valence electrons. The summed E-state index contributed by atoms with van der Waals surface area (Å²) in [5.41, 5.74) is 2.30.